The Bertz CT molecular complexity index is 740. The van der Waals surface area contributed by atoms with Crippen molar-refractivity contribution in [2.75, 3.05) is 38.2 Å². The zero-order chi connectivity index (χ0) is 17.1. The molecule has 2 amide bonds. The first-order chi connectivity index (χ1) is 11.6. The predicted octanol–water partition coefficient (Wildman–Crippen LogP) is 1.69. The highest BCUT2D eigenvalue weighted by Gasteiger charge is 2.25. The SMILES string of the molecule is COC(=O)[C@@H](C)NC(=O)N1CCN(c2nsc3ccccc23)CC1. The number of hydrogen-bond acceptors (Lipinski definition) is 6. The topological polar surface area (TPSA) is 74.8 Å². The smallest absolute Gasteiger partial charge is 0.328 e. The van der Waals surface area contributed by atoms with Crippen molar-refractivity contribution in [1.29, 1.82) is 0 Å². The zero-order valence-corrected chi connectivity index (χ0v) is 14.5. The number of nitrogens with one attached hydrogen (secondary N) is 1. The van der Waals surface area contributed by atoms with E-state index in [0.717, 1.165) is 11.2 Å². The van der Waals surface area contributed by atoms with E-state index in [4.69, 9.17) is 0 Å². The third-order valence-corrected chi connectivity index (χ3v) is 4.94. The van der Waals surface area contributed by atoms with E-state index in [0.29, 0.717) is 26.2 Å². The Labute approximate surface area is 144 Å². The molecule has 1 aliphatic heterocycles. The molecule has 0 radical (unpaired) electrons. The van der Waals surface area contributed by atoms with Crippen LogP contribution in [0.2, 0.25) is 0 Å². The van der Waals surface area contributed by atoms with Crippen molar-refractivity contribution >= 4 is 39.4 Å². The summed E-state index contributed by atoms with van der Waals surface area (Å²) in [6, 6.07) is 7.27. The van der Waals surface area contributed by atoms with Crippen molar-refractivity contribution in [3.63, 3.8) is 0 Å². The number of piperazine rings is 1. The second-order valence-corrected chi connectivity index (χ2v) is 6.48. The van der Waals surface area contributed by atoms with E-state index in [1.807, 2.05) is 12.1 Å². The largest absolute Gasteiger partial charge is 0.467 e. The molecule has 1 N–H and O–H groups in total. The number of methoxy groups -OCH3 is 1. The standard InChI is InChI=1S/C16H20N4O3S/c1-11(15(21)23-2)17-16(22)20-9-7-19(8-10-20)14-12-5-3-4-6-13(12)24-18-14/h3-6,11H,7-10H2,1-2H3,(H,17,22)/t11-/m1/s1. The molecule has 1 atom stereocenters. The molecule has 8 heteroatoms. The molecule has 0 spiro atoms. The van der Waals surface area contributed by atoms with E-state index >= 15 is 0 Å². The monoisotopic (exact) mass is 348 g/mol. The van der Waals surface area contributed by atoms with Gasteiger partial charge >= 0.3 is 12.0 Å². The van der Waals surface area contributed by atoms with Crippen LogP contribution in [0.15, 0.2) is 24.3 Å². The fourth-order valence-corrected chi connectivity index (χ4v) is 3.53. The molecule has 0 aliphatic carbocycles. The molecule has 1 saturated heterocycles. The van der Waals surface area contributed by atoms with E-state index in [1.54, 1.807) is 11.8 Å². The van der Waals surface area contributed by atoms with Crippen LogP contribution in [-0.4, -0.2) is 60.6 Å². The number of fused-ring (bicyclic) bond motifs is 1. The number of carbonyl (C=O) groups is 2. The molecular formula is C16H20N4O3S. The number of carbonyl (C=O) groups excluding carboxylic acids is 2. The summed E-state index contributed by atoms with van der Waals surface area (Å²) in [5, 5.41) is 3.81. The molecule has 2 aromatic rings. The van der Waals surface area contributed by atoms with Crippen LogP contribution in [0.4, 0.5) is 10.6 Å². The van der Waals surface area contributed by atoms with Crippen molar-refractivity contribution in [2.45, 2.75) is 13.0 Å². The minimum Gasteiger partial charge on any atom is -0.467 e. The van der Waals surface area contributed by atoms with Crippen LogP contribution in [0.1, 0.15) is 6.92 Å². The maximum atomic E-state index is 12.2. The highest BCUT2D eigenvalue weighted by atomic mass is 32.1. The summed E-state index contributed by atoms with van der Waals surface area (Å²) in [5.74, 6) is 0.537. The summed E-state index contributed by atoms with van der Waals surface area (Å²) >= 11 is 1.49. The third kappa shape index (κ3) is 3.28. The zero-order valence-electron chi connectivity index (χ0n) is 13.7. The fourth-order valence-electron chi connectivity index (χ4n) is 2.73. The van der Waals surface area contributed by atoms with Gasteiger partial charge in [-0.1, -0.05) is 12.1 Å². The number of anilines is 1. The van der Waals surface area contributed by atoms with Crippen LogP contribution in [0.5, 0.6) is 0 Å². The Morgan fingerprint density at radius 3 is 2.67 bits per heavy atom. The maximum absolute atomic E-state index is 12.2. The second kappa shape index (κ2) is 7.04. The molecule has 7 nitrogen and oxygen atoms in total. The molecule has 0 unspecified atom stereocenters. The number of nitrogens with zero attached hydrogens (tertiary/aromatic N) is 3. The minimum atomic E-state index is -0.650. The van der Waals surface area contributed by atoms with Gasteiger partial charge in [-0.15, -0.1) is 0 Å². The Morgan fingerprint density at radius 1 is 1.25 bits per heavy atom. The molecule has 0 bridgehead atoms. The number of amides is 2. The van der Waals surface area contributed by atoms with Crippen LogP contribution >= 0.6 is 11.5 Å². The summed E-state index contributed by atoms with van der Waals surface area (Å²) in [4.78, 5) is 27.5. The minimum absolute atomic E-state index is 0.240. The van der Waals surface area contributed by atoms with E-state index in [1.165, 1.54) is 23.3 Å². The molecule has 2 heterocycles. The van der Waals surface area contributed by atoms with E-state index in [9.17, 15) is 9.59 Å². The van der Waals surface area contributed by atoms with Crippen molar-refractivity contribution < 1.29 is 14.3 Å². The number of urea groups is 1. The predicted molar refractivity (Wildman–Crippen MR) is 93.4 cm³/mol. The molecule has 1 aromatic heterocycles. The van der Waals surface area contributed by atoms with Crippen LogP contribution in [0.3, 0.4) is 0 Å². The van der Waals surface area contributed by atoms with Gasteiger partial charge in [-0.3, -0.25) is 0 Å². The van der Waals surface area contributed by atoms with E-state index in [2.05, 4.69) is 31.5 Å². The first-order valence-electron chi connectivity index (χ1n) is 7.83. The lowest BCUT2D eigenvalue weighted by molar-refractivity contribution is -0.142. The number of benzene rings is 1. The summed E-state index contributed by atoms with van der Waals surface area (Å²) in [7, 11) is 1.31. The molecule has 3 rings (SSSR count). The van der Waals surface area contributed by atoms with Gasteiger partial charge in [-0.2, -0.15) is 4.37 Å². The first-order valence-corrected chi connectivity index (χ1v) is 8.60. The molecule has 24 heavy (non-hydrogen) atoms. The lowest BCUT2D eigenvalue weighted by Gasteiger charge is -2.35. The van der Waals surface area contributed by atoms with Gasteiger partial charge in [0.05, 0.1) is 11.8 Å². The lowest BCUT2D eigenvalue weighted by Crippen LogP contribution is -2.54. The highest BCUT2D eigenvalue weighted by Crippen LogP contribution is 2.29. The number of hydrogen-bond donors (Lipinski definition) is 1. The van der Waals surface area contributed by atoms with Gasteiger partial charge in [0.15, 0.2) is 0 Å². The number of aromatic nitrogens is 1. The average molecular weight is 348 g/mol. The van der Waals surface area contributed by atoms with Gasteiger partial charge in [0.25, 0.3) is 0 Å². The van der Waals surface area contributed by atoms with Crippen molar-refractivity contribution in [2.24, 2.45) is 0 Å². The van der Waals surface area contributed by atoms with Gasteiger partial charge < -0.3 is 19.9 Å². The van der Waals surface area contributed by atoms with E-state index in [-0.39, 0.29) is 6.03 Å². The Hall–Kier alpha value is -2.35. The van der Waals surface area contributed by atoms with Gasteiger partial charge in [0, 0.05) is 31.6 Å². The summed E-state index contributed by atoms with van der Waals surface area (Å²) in [5.41, 5.74) is 0. The van der Waals surface area contributed by atoms with Gasteiger partial charge in [0.1, 0.15) is 11.9 Å². The molecule has 1 aromatic carbocycles. The summed E-state index contributed by atoms with van der Waals surface area (Å²) in [6.45, 7) is 4.22. The fraction of sp³-hybridized carbons (Fsp3) is 0.438. The second-order valence-electron chi connectivity index (χ2n) is 5.67. The summed E-state index contributed by atoms with van der Waals surface area (Å²) in [6.07, 6.45) is 0. The average Bonchev–Trinajstić information content (AvgIpc) is 3.05. The summed E-state index contributed by atoms with van der Waals surface area (Å²) < 4.78 is 10.3. The van der Waals surface area contributed by atoms with Crippen molar-refractivity contribution in [3.8, 4) is 0 Å². The molecule has 1 aliphatic rings. The maximum Gasteiger partial charge on any atom is 0.328 e. The van der Waals surface area contributed by atoms with Crippen LogP contribution in [0.25, 0.3) is 10.1 Å². The van der Waals surface area contributed by atoms with Crippen LogP contribution in [-0.2, 0) is 9.53 Å². The van der Waals surface area contributed by atoms with Crippen LogP contribution < -0.4 is 10.2 Å². The van der Waals surface area contributed by atoms with Crippen molar-refractivity contribution in [1.82, 2.24) is 14.6 Å². The normalized spacial score (nSPS) is 16.1. The number of ether oxygens (including phenoxy) is 1. The van der Waals surface area contributed by atoms with Crippen molar-refractivity contribution in [3.05, 3.63) is 24.3 Å². The first kappa shape index (κ1) is 16.5. The molecule has 128 valence electrons. The Morgan fingerprint density at radius 2 is 1.96 bits per heavy atom. The van der Waals surface area contributed by atoms with Gasteiger partial charge in [0.2, 0.25) is 0 Å². The number of rotatable bonds is 3. The van der Waals surface area contributed by atoms with Gasteiger partial charge in [-0.05, 0) is 30.6 Å². The molecule has 0 saturated carbocycles. The highest BCUT2D eigenvalue weighted by molar-refractivity contribution is 7.13. The Kier molecular flexibility index (Phi) is 4.84. The van der Waals surface area contributed by atoms with Crippen LogP contribution in [0, 0.1) is 0 Å². The molecular weight excluding hydrogens is 328 g/mol. The quantitative estimate of drug-likeness (QED) is 0.855. The number of esters is 1. The Balaban J connectivity index is 1.59. The lowest BCUT2D eigenvalue weighted by atomic mass is 10.2. The van der Waals surface area contributed by atoms with Gasteiger partial charge in [-0.25, -0.2) is 9.59 Å². The third-order valence-electron chi connectivity index (χ3n) is 4.12. The van der Waals surface area contributed by atoms with E-state index < -0.39 is 12.0 Å². The molecule has 1 fully saturated rings.